The molecule has 0 saturated carbocycles. The zero-order valence-corrected chi connectivity index (χ0v) is 11.9. The molecule has 0 unspecified atom stereocenters. The fourth-order valence-electron chi connectivity index (χ4n) is 2.44. The Morgan fingerprint density at radius 3 is 2.21 bits per heavy atom. The Morgan fingerprint density at radius 1 is 1.00 bits per heavy atom. The number of rotatable bonds is 3. The summed E-state index contributed by atoms with van der Waals surface area (Å²) in [6, 6.07) is 10.0. The van der Waals surface area contributed by atoms with E-state index in [1.54, 1.807) is 0 Å². The van der Waals surface area contributed by atoms with Gasteiger partial charge in [0.25, 0.3) is 0 Å². The number of aromatic carboxylic acids is 1. The summed E-state index contributed by atoms with van der Waals surface area (Å²) in [6.45, 7) is 8.33. The lowest BCUT2D eigenvalue weighted by atomic mass is 9.90. The number of hydrogen-bond acceptors (Lipinski definition) is 1. The van der Waals surface area contributed by atoms with E-state index in [9.17, 15) is 9.90 Å². The summed E-state index contributed by atoms with van der Waals surface area (Å²) in [6.07, 6.45) is 0. The maximum absolute atomic E-state index is 11.6. The van der Waals surface area contributed by atoms with Gasteiger partial charge in [0.2, 0.25) is 0 Å². The minimum absolute atomic E-state index is 0.209. The molecule has 2 aromatic rings. The molecule has 0 spiro atoms. The first-order valence-electron chi connectivity index (χ1n) is 6.71. The maximum atomic E-state index is 11.6. The van der Waals surface area contributed by atoms with Gasteiger partial charge in [-0.15, -0.1) is 0 Å². The van der Waals surface area contributed by atoms with Crippen molar-refractivity contribution in [3.05, 3.63) is 47.0 Å². The third kappa shape index (κ3) is 2.48. The van der Waals surface area contributed by atoms with Crippen LogP contribution in [-0.2, 0) is 0 Å². The third-order valence-corrected chi connectivity index (χ3v) is 3.58. The van der Waals surface area contributed by atoms with Gasteiger partial charge in [0, 0.05) is 0 Å². The van der Waals surface area contributed by atoms with Crippen LogP contribution in [-0.4, -0.2) is 11.1 Å². The Kier molecular flexibility index (Phi) is 3.61. The second-order valence-electron chi connectivity index (χ2n) is 5.62. The van der Waals surface area contributed by atoms with E-state index in [-0.39, 0.29) is 5.92 Å². The average Bonchev–Trinajstić information content (AvgIpc) is 2.35. The van der Waals surface area contributed by atoms with Crippen molar-refractivity contribution in [2.45, 2.75) is 39.5 Å². The van der Waals surface area contributed by atoms with Crippen LogP contribution in [0.25, 0.3) is 10.8 Å². The molecule has 0 bridgehead atoms. The maximum Gasteiger partial charge on any atom is 0.336 e. The molecule has 0 radical (unpaired) electrons. The monoisotopic (exact) mass is 256 g/mol. The van der Waals surface area contributed by atoms with Crippen LogP contribution in [0.5, 0.6) is 0 Å². The van der Waals surface area contributed by atoms with E-state index in [2.05, 4.69) is 19.9 Å². The largest absolute Gasteiger partial charge is 0.478 e. The Morgan fingerprint density at radius 2 is 1.68 bits per heavy atom. The Labute approximate surface area is 114 Å². The third-order valence-electron chi connectivity index (χ3n) is 3.58. The van der Waals surface area contributed by atoms with Crippen LogP contribution in [0.3, 0.4) is 0 Å². The second kappa shape index (κ2) is 5.04. The predicted molar refractivity (Wildman–Crippen MR) is 79.1 cm³/mol. The van der Waals surface area contributed by atoms with Crippen molar-refractivity contribution in [1.29, 1.82) is 0 Å². The number of carbonyl (C=O) groups is 1. The summed E-state index contributed by atoms with van der Waals surface area (Å²) in [5.74, 6) is -0.186. The molecule has 0 aliphatic heterocycles. The van der Waals surface area contributed by atoms with Crippen LogP contribution in [0.2, 0.25) is 0 Å². The van der Waals surface area contributed by atoms with Crippen molar-refractivity contribution in [2.24, 2.45) is 0 Å². The van der Waals surface area contributed by atoms with Crippen LogP contribution in [0.1, 0.15) is 61.0 Å². The summed E-state index contributed by atoms with van der Waals surface area (Å²) in [5.41, 5.74) is 2.58. The zero-order chi connectivity index (χ0) is 14.2. The molecule has 0 fully saturated rings. The molecule has 100 valence electrons. The molecule has 0 aliphatic carbocycles. The first-order chi connectivity index (χ1) is 8.91. The summed E-state index contributed by atoms with van der Waals surface area (Å²) in [7, 11) is 0. The van der Waals surface area contributed by atoms with Gasteiger partial charge in [0.05, 0.1) is 5.56 Å². The lowest BCUT2D eigenvalue weighted by Crippen LogP contribution is -2.05. The molecule has 1 N–H and O–H groups in total. The van der Waals surface area contributed by atoms with E-state index >= 15 is 0 Å². The molecule has 0 aromatic heterocycles. The summed E-state index contributed by atoms with van der Waals surface area (Å²) in [4.78, 5) is 11.6. The summed E-state index contributed by atoms with van der Waals surface area (Å²) < 4.78 is 0. The van der Waals surface area contributed by atoms with Crippen LogP contribution in [0.4, 0.5) is 0 Å². The SMILES string of the molecule is CC(C)c1ccc2c(C(=O)O)c(C(C)C)ccc2c1. The summed E-state index contributed by atoms with van der Waals surface area (Å²) >= 11 is 0. The van der Waals surface area contributed by atoms with E-state index in [1.165, 1.54) is 5.56 Å². The number of benzene rings is 2. The Hall–Kier alpha value is -1.83. The predicted octanol–water partition coefficient (Wildman–Crippen LogP) is 4.78. The van der Waals surface area contributed by atoms with Gasteiger partial charge in [-0.3, -0.25) is 0 Å². The van der Waals surface area contributed by atoms with Crippen molar-refractivity contribution in [3.8, 4) is 0 Å². The summed E-state index contributed by atoms with van der Waals surface area (Å²) in [5, 5.41) is 11.3. The second-order valence-corrected chi connectivity index (χ2v) is 5.62. The van der Waals surface area contributed by atoms with E-state index in [0.717, 1.165) is 16.3 Å². The molecule has 0 amide bonds. The lowest BCUT2D eigenvalue weighted by molar-refractivity contribution is 0.0697. The molecule has 0 heterocycles. The molecule has 0 aliphatic rings. The molecule has 2 aromatic carbocycles. The fourth-order valence-corrected chi connectivity index (χ4v) is 2.44. The number of hydrogen-bond donors (Lipinski definition) is 1. The topological polar surface area (TPSA) is 37.3 Å². The van der Waals surface area contributed by atoms with Crippen molar-refractivity contribution in [3.63, 3.8) is 0 Å². The standard InChI is InChI=1S/C17H20O2/c1-10(2)12-5-8-15-13(9-12)6-7-14(11(3)4)16(15)17(18)19/h5-11H,1-4H3,(H,18,19). The van der Waals surface area contributed by atoms with Gasteiger partial charge in [-0.1, -0.05) is 58.0 Å². The first-order valence-corrected chi connectivity index (χ1v) is 6.71. The van der Waals surface area contributed by atoms with Crippen LogP contribution >= 0.6 is 0 Å². The van der Waals surface area contributed by atoms with Crippen LogP contribution < -0.4 is 0 Å². The van der Waals surface area contributed by atoms with Crippen LogP contribution in [0.15, 0.2) is 30.3 Å². The highest BCUT2D eigenvalue weighted by Gasteiger charge is 2.16. The van der Waals surface area contributed by atoms with Gasteiger partial charge >= 0.3 is 5.97 Å². The van der Waals surface area contributed by atoms with Gasteiger partial charge in [-0.05, 0) is 33.7 Å². The minimum atomic E-state index is -0.841. The van der Waals surface area contributed by atoms with Gasteiger partial charge in [-0.25, -0.2) is 4.79 Å². The smallest absolute Gasteiger partial charge is 0.336 e. The number of carboxylic acid groups (broad SMARTS) is 1. The molecular weight excluding hydrogens is 236 g/mol. The average molecular weight is 256 g/mol. The first kappa shape index (κ1) is 13.6. The molecule has 0 saturated heterocycles. The normalized spacial score (nSPS) is 11.5. The van der Waals surface area contributed by atoms with Crippen molar-refractivity contribution >= 4 is 16.7 Å². The highest BCUT2D eigenvalue weighted by atomic mass is 16.4. The molecule has 2 rings (SSSR count). The van der Waals surface area contributed by atoms with Gasteiger partial charge < -0.3 is 5.11 Å². The van der Waals surface area contributed by atoms with Crippen LogP contribution in [0, 0.1) is 0 Å². The molecule has 2 nitrogen and oxygen atoms in total. The number of carboxylic acids is 1. The fraction of sp³-hybridized carbons (Fsp3) is 0.353. The van der Waals surface area contributed by atoms with E-state index in [0.29, 0.717) is 11.5 Å². The van der Waals surface area contributed by atoms with Gasteiger partial charge in [-0.2, -0.15) is 0 Å². The Bertz CT molecular complexity index is 624. The Balaban J connectivity index is 2.76. The highest BCUT2D eigenvalue weighted by Crippen LogP contribution is 2.29. The number of fused-ring (bicyclic) bond motifs is 1. The molecular formula is C17H20O2. The highest BCUT2D eigenvalue weighted by molar-refractivity contribution is 6.05. The lowest BCUT2D eigenvalue weighted by Gasteiger charge is -2.14. The molecule has 0 atom stereocenters. The van der Waals surface area contributed by atoms with Gasteiger partial charge in [0.15, 0.2) is 0 Å². The van der Waals surface area contributed by atoms with E-state index in [4.69, 9.17) is 0 Å². The van der Waals surface area contributed by atoms with E-state index in [1.807, 2.05) is 38.1 Å². The van der Waals surface area contributed by atoms with Crippen molar-refractivity contribution in [1.82, 2.24) is 0 Å². The quantitative estimate of drug-likeness (QED) is 0.857. The zero-order valence-electron chi connectivity index (χ0n) is 11.9. The van der Waals surface area contributed by atoms with Crippen molar-refractivity contribution < 1.29 is 9.90 Å². The van der Waals surface area contributed by atoms with Gasteiger partial charge in [0.1, 0.15) is 0 Å². The minimum Gasteiger partial charge on any atom is -0.478 e. The van der Waals surface area contributed by atoms with E-state index < -0.39 is 5.97 Å². The van der Waals surface area contributed by atoms with Crippen molar-refractivity contribution in [2.75, 3.05) is 0 Å². The molecule has 2 heteroatoms. The molecule has 19 heavy (non-hydrogen) atoms.